The van der Waals surface area contributed by atoms with Crippen molar-refractivity contribution in [3.8, 4) is 0 Å². The summed E-state index contributed by atoms with van der Waals surface area (Å²) in [6.07, 6.45) is 0.514. The van der Waals surface area contributed by atoms with Gasteiger partial charge in [0.25, 0.3) is 10.0 Å². The molecule has 0 saturated carbocycles. The van der Waals surface area contributed by atoms with E-state index in [1.807, 2.05) is 0 Å². The fraction of sp³-hybridized carbons (Fsp3) is 0.0714. The Bertz CT molecular complexity index is 839. The van der Waals surface area contributed by atoms with Crippen LogP contribution in [0.3, 0.4) is 0 Å². The molecule has 0 atom stereocenters. The molecular formula is C14H13BN2O5S. The van der Waals surface area contributed by atoms with E-state index >= 15 is 0 Å². The molecule has 0 saturated heterocycles. The SMILES string of the molecule is O=CNc1ccc(S(=O)(=O)Nc2ccc3c(c2)B(O)OC3)cc1. The van der Waals surface area contributed by atoms with Gasteiger partial charge in [-0.05, 0) is 47.4 Å². The van der Waals surface area contributed by atoms with E-state index in [2.05, 4.69) is 10.0 Å². The molecular weight excluding hydrogens is 319 g/mol. The molecule has 23 heavy (non-hydrogen) atoms. The van der Waals surface area contributed by atoms with Crippen LogP contribution in [0.4, 0.5) is 11.4 Å². The monoisotopic (exact) mass is 332 g/mol. The van der Waals surface area contributed by atoms with Crippen LogP contribution in [0.5, 0.6) is 0 Å². The molecule has 9 heteroatoms. The number of carbonyl (C=O) groups excluding carboxylic acids is 1. The standard InChI is InChI=1S/C14H13BN2O5S/c18-9-16-11-3-5-13(6-4-11)23(20,21)17-12-2-1-10-8-22-15(19)14(10)7-12/h1-7,9,17,19H,8H2,(H,16,18). The lowest BCUT2D eigenvalue weighted by molar-refractivity contribution is -0.105. The smallest absolute Gasteiger partial charge is 0.423 e. The average molecular weight is 332 g/mol. The Hall–Kier alpha value is -2.36. The summed E-state index contributed by atoms with van der Waals surface area (Å²) in [5.41, 5.74) is 2.21. The van der Waals surface area contributed by atoms with Crippen molar-refractivity contribution in [1.29, 1.82) is 0 Å². The Morgan fingerprint density at radius 1 is 1.13 bits per heavy atom. The van der Waals surface area contributed by atoms with E-state index in [0.29, 0.717) is 29.9 Å². The van der Waals surface area contributed by atoms with Crippen molar-refractivity contribution >= 4 is 40.4 Å². The maximum atomic E-state index is 12.4. The highest BCUT2D eigenvalue weighted by molar-refractivity contribution is 7.92. The van der Waals surface area contributed by atoms with Gasteiger partial charge in [-0.2, -0.15) is 0 Å². The number of carbonyl (C=O) groups is 1. The first kappa shape index (κ1) is 15.5. The van der Waals surface area contributed by atoms with Crippen LogP contribution in [-0.2, 0) is 26.1 Å². The highest BCUT2D eigenvalue weighted by Gasteiger charge is 2.27. The predicted octanol–water partition coefficient (Wildman–Crippen LogP) is 0.273. The van der Waals surface area contributed by atoms with Gasteiger partial charge in [-0.3, -0.25) is 9.52 Å². The molecule has 1 aliphatic heterocycles. The summed E-state index contributed by atoms with van der Waals surface area (Å²) in [7, 11) is -4.81. The van der Waals surface area contributed by atoms with Crippen LogP contribution < -0.4 is 15.5 Å². The predicted molar refractivity (Wildman–Crippen MR) is 85.8 cm³/mol. The quantitative estimate of drug-likeness (QED) is 0.539. The first-order valence-electron chi connectivity index (χ1n) is 6.75. The lowest BCUT2D eigenvalue weighted by atomic mass is 9.79. The van der Waals surface area contributed by atoms with Crippen LogP contribution >= 0.6 is 0 Å². The summed E-state index contributed by atoms with van der Waals surface area (Å²) in [4.78, 5) is 10.4. The average Bonchev–Trinajstić information content (AvgIpc) is 2.89. The number of amides is 1. The van der Waals surface area contributed by atoms with Crippen molar-refractivity contribution in [2.75, 3.05) is 10.0 Å². The lowest BCUT2D eigenvalue weighted by Gasteiger charge is -2.10. The number of hydrogen-bond donors (Lipinski definition) is 3. The molecule has 3 rings (SSSR count). The molecule has 118 valence electrons. The Kier molecular flexibility index (Phi) is 4.08. The van der Waals surface area contributed by atoms with Crippen molar-refractivity contribution < 1.29 is 22.9 Å². The molecule has 0 bridgehead atoms. The molecule has 2 aromatic carbocycles. The Morgan fingerprint density at radius 2 is 1.83 bits per heavy atom. The zero-order chi connectivity index (χ0) is 16.4. The summed E-state index contributed by atoms with van der Waals surface area (Å²) >= 11 is 0. The molecule has 7 nitrogen and oxygen atoms in total. The molecule has 1 aliphatic rings. The number of nitrogens with one attached hydrogen (secondary N) is 2. The molecule has 0 fully saturated rings. The molecule has 1 heterocycles. The maximum absolute atomic E-state index is 12.4. The van der Waals surface area contributed by atoms with E-state index in [-0.39, 0.29) is 4.90 Å². The van der Waals surface area contributed by atoms with Crippen LogP contribution in [0.25, 0.3) is 0 Å². The highest BCUT2D eigenvalue weighted by atomic mass is 32.2. The van der Waals surface area contributed by atoms with Crippen LogP contribution in [0.15, 0.2) is 47.4 Å². The fourth-order valence-corrected chi connectivity index (χ4v) is 3.34. The van der Waals surface area contributed by atoms with E-state index in [4.69, 9.17) is 4.65 Å². The Balaban J connectivity index is 1.83. The molecule has 0 spiro atoms. The summed E-state index contributed by atoms with van der Waals surface area (Å²) < 4.78 is 32.2. The van der Waals surface area contributed by atoms with E-state index in [9.17, 15) is 18.2 Å². The topological polar surface area (TPSA) is 105 Å². The molecule has 0 radical (unpaired) electrons. The highest BCUT2D eigenvalue weighted by Crippen LogP contribution is 2.19. The van der Waals surface area contributed by atoms with Crippen LogP contribution in [0, 0.1) is 0 Å². The van der Waals surface area contributed by atoms with Gasteiger partial charge in [-0.15, -0.1) is 0 Å². The number of rotatable bonds is 5. The van der Waals surface area contributed by atoms with Gasteiger partial charge in [0.2, 0.25) is 6.41 Å². The van der Waals surface area contributed by atoms with Gasteiger partial charge in [-0.1, -0.05) is 6.07 Å². The van der Waals surface area contributed by atoms with E-state index in [1.54, 1.807) is 18.2 Å². The van der Waals surface area contributed by atoms with Crippen molar-refractivity contribution in [2.24, 2.45) is 0 Å². The second kappa shape index (κ2) is 6.03. The van der Waals surface area contributed by atoms with Gasteiger partial charge in [0, 0.05) is 11.4 Å². The number of benzene rings is 2. The largest absolute Gasteiger partial charge is 0.491 e. The van der Waals surface area contributed by atoms with Gasteiger partial charge in [0.1, 0.15) is 0 Å². The number of hydrogen-bond acceptors (Lipinski definition) is 5. The summed E-state index contributed by atoms with van der Waals surface area (Å²) in [5, 5.41) is 12.1. The fourth-order valence-electron chi connectivity index (χ4n) is 2.29. The van der Waals surface area contributed by atoms with Crippen LogP contribution in [-0.4, -0.2) is 27.0 Å². The zero-order valence-electron chi connectivity index (χ0n) is 11.9. The van der Waals surface area contributed by atoms with Gasteiger partial charge in [0.15, 0.2) is 0 Å². The third kappa shape index (κ3) is 3.21. The molecule has 0 aromatic heterocycles. The van der Waals surface area contributed by atoms with E-state index in [1.165, 1.54) is 24.3 Å². The Labute approximate surface area is 133 Å². The van der Waals surface area contributed by atoms with Crippen molar-refractivity contribution in [3.05, 3.63) is 48.0 Å². The zero-order valence-corrected chi connectivity index (χ0v) is 12.7. The summed E-state index contributed by atoms with van der Waals surface area (Å²) in [6, 6.07) is 10.6. The summed E-state index contributed by atoms with van der Waals surface area (Å²) in [6.45, 7) is 0.300. The molecule has 0 aliphatic carbocycles. The van der Waals surface area contributed by atoms with Crippen molar-refractivity contribution in [3.63, 3.8) is 0 Å². The molecule has 3 N–H and O–H groups in total. The van der Waals surface area contributed by atoms with Gasteiger partial charge in [0.05, 0.1) is 11.5 Å². The molecule has 2 aromatic rings. The first-order valence-corrected chi connectivity index (χ1v) is 8.23. The number of sulfonamides is 1. The minimum Gasteiger partial charge on any atom is -0.423 e. The van der Waals surface area contributed by atoms with Crippen LogP contribution in [0.1, 0.15) is 5.56 Å². The minimum atomic E-state index is -3.77. The third-order valence-electron chi connectivity index (χ3n) is 3.45. The van der Waals surface area contributed by atoms with Gasteiger partial charge >= 0.3 is 7.12 Å². The third-order valence-corrected chi connectivity index (χ3v) is 4.85. The molecule has 1 amide bonds. The second-order valence-electron chi connectivity index (χ2n) is 4.97. The van der Waals surface area contributed by atoms with Gasteiger partial charge in [-0.25, -0.2) is 8.42 Å². The molecule has 0 unspecified atom stereocenters. The minimum absolute atomic E-state index is 0.0613. The maximum Gasteiger partial charge on any atom is 0.491 e. The van der Waals surface area contributed by atoms with E-state index < -0.39 is 17.1 Å². The number of fused-ring (bicyclic) bond motifs is 1. The van der Waals surface area contributed by atoms with Crippen LogP contribution in [0.2, 0.25) is 0 Å². The lowest BCUT2D eigenvalue weighted by Crippen LogP contribution is -2.28. The van der Waals surface area contributed by atoms with Crippen molar-refractivity contribution in [1.82, 2.24) is 0 Å². The summed E-state index contributed by atoms with van der Waals surface area (Å²) in [5.74, 6) is 0. The van der Waals surface area contributed by atoms with Gasteiger partial charge < -0.3 is 15.0 Å². The normalized spacial score (nSPS) is 13.5. The first-order chi connectivity index (χ1) is 11.0. The van der Waals surface area contributed by atoms with E-state index in [0.717, 1.165) is 5.56 Å². The number of anilines is 2. The van der Waals surface area contributed by atoms with Crippen molar-refractivity contribution in [2.45, 2.75) is 11.5 Å². The Morgan fingerprint density at radius 3 is 2.52 bits per heavy atom. The second-order valence-corrected chi connectivity index (χ2v) is 6.65.